The summed E-state index contributed by atoms with van der Waals surface area (Å²) in [6.45, 7) is 5.88. The van der Waals surface area contributed by atoms with Gasteiger partial charge in [0.25, 0.3) is 11.8 Å². The number of amides is 2. The maximum Gasteiger partial charge on any atom is 0.279 e. The van der Waals surface area contributed by atoms with Crippen molar-refractivity contribution in [1.82, 2.24) is 10.9 Å². The number of hydrogen-bond donors (Lipinski definition) is 2. The van der Waals surface area contributed by atoms with Gasteiger partial charge in [0.1, 0.15) is 5.75 Å². The zero-order valence-electron chi connectivity index (χ0n) is 14.0. The second-order valence-electron chi connectivity index (χ2n) is 5.53. The van der Waals surface area contributed by atoms with Crippen molar-refractivity contribution in [3.63, 3.8) is 0 Å². The van der Waals surface area contributed by atoms with Crippen molar-refractivity contribution in [2.45, 2.75) is 39.2 Å². The van der Waals surface area contributed by atoms with E-state index in [1.54, 1.807) is 24.4 Å². The van der Waals surface area contributed by atoms with Gasteiger partial charge in [0.15, 0.2) is 6.10 Å². The van der Waals surface area contributed by atoms with E-state index >= 15 is 0 Å². The molecule has 0 saturated carbocycles. The standard InChI is InChI=1S/C18H22N2O3S/c1-4-12(2)14-8-5-6-9-15(14)23-13(3)17(21)19-20-18(22)16-10-7-11-24-16/h5-13H,4H2,1-3H3,(H,19,21)(H,20,22). The van der Waals surface area contributed by atoms with Crippen molar-refractivity contribution < 1.29 is 14.3 Å². The Morgan fingerprint density at radius 3 is 2.54 bits per heavy atom. The predicted molar refractivity (Wildman–Crippen MR) is 95.2 cm³/mol. The summed E-state index contributed by atoms with van der Waals surface area (Å²) in [4.78, 5) is 24.5. The van der Waals surface area contributed by atoms with Gasteiger partial charge < -0.3 is 4.74 Å². The van der Waals surface area contributed by atoms with E-state index in [0.717, 1.165) is 12.0 Å². The van der Waals surface area contributed by atoms with Crippen LogP contribution in [0.2, 0.25) is 0 Å². The molecule has 2 rings (SSSR count). The molecule has 0 fully saturated rings. The maximum absolute atomic E-state index is 12.1. The first-order chi connectivity index (χ1) is 11.5. The third-order valence-corrected chi connectivity index (χ3v) is 4.65. The highest BCUT2D eigenvalue weighted by molar-refractivity contribution is 7.12. The molecule has 6 heteroatoms. The minimum absolute atomic E-state index is 0.342. The highest BCUT2D eigenvalue weighted by Crippen LogP contribution is 2.29. The number of benzene rings is 1. The zero-order valence-corrected chi connectivity index (χ0v) is 14.9. The molecule has 24 heavy (non-hydrogen) atoms. The Bertz CT molecular complexity index is 685. The van der Waals surface area contributed by atoms with Gasteiger partial charge in [-0.3, -0.25) is 20.4 Å². The quantitative estimate of drug-likeness (QED) is 0.787. The lowest BCUT2D eigenvalue weighted by atomic mass is 9.98. The lowest BCUT2D eigenvalue weighted by Gasteiger charge is -2.19. The predicted octanol–water partition coefficient (Wildman–Crippen LogP) is 3.49. The summed E-state index contributed by atoms with van der Waals surface area (Å²) in [5, 5.41) is 1.80. The number of para-hydroxylation sites is 1. The second kappa shape index (κ2) is 8.49. The van der Waals surface area contributed by atoms with E-state index in [0.29, 0.717) is 16.5 Å². The van der Waals surface area contributed by atoms with E-state index in [1.807, 2.05) is 24.3 Å². The Labute approximate surface area is 146 Å². The molecular formula is C18H22N2O3S. The molecule has 128 valence electrons. The van der Waals surface area contributed by atoms with Crippen molar-refractivity contribution in [2.24, 2.45) is 0 Å². The van der Waals surface area contributed by atoms with Gasteiger partial charge >= 0.3 is 0 Å². The van der Waals surface area contributed by atoms with Crippen LogP contribution in [0, 0.1) is 0 Å². The molecule has 2 atom stereocenters. The molecule has 5 nitrogen and oxygen atoms in total. The molecule has 0 aliphatic rings. The molecule has 0 aliphatic heterocycles. The van der Waals surface area contributed by atoms with Crippen molar-refractivity contribution in [3.8, 4) is 5.75 Å². The third-order valence-electron chi connectivity index (χ3n) is 3.78. The van der Waals surface area contributed by atoms with Crippen molar-refractivity contribution in [3.05, 3.63) is 52.2 Å². The summed E-state index contributed by atoms with van der Waals surface area (Å²) in [7, 11) is 0. The molecule has 1 aromatic carbocycles. The van der Waals surface area contributed by atoms with Crippen LogP contribution < -0.4 is 15.6 Å². The molecule has 0 aliphatic carbocycles. The van der Waals surface area contributed by atoms with Crippen LogP contribution in [-0.2, 0) is 4.79 Å². The molecule has 0 radical (unpaired) electrons. The number of thiophene rings is 1. The van der Waals surface area contributed by atoms with E-state index < -0.39 is 12.0 Å². The van der Waals surface area contributed by atoms with Crippen LogP contribution in [0.4, 0.5) is 0 Å². The summed E-state index contributed by atoms with van der Waals surface area (Å²) in [6, 6.07) is 11.2. The Hall–Kier alpha value is -2.34. The first-order valence-electron chi connectivity index (χ1n) is 7.92. The summed E-state index contributed by atoms with van der Waals surface area (Å²) < 4.78 is 5.79. The van der Waals surface area contributed by atoms with Crippen LogP contribution in [0.5, 0.6) is 5.75 Å². The Morgan fingerprint density at radius 1 is 1.12 bits per heavy atom. The van der Waals surface area contributed by atoms with Crippen LogP contribution in [0.25, 0.3) is 0 Å². The number of ether oxygens (including phenoxy) is 1. The van der Waals surface area contributed by atoms with Crippen molar-refractivity contribution >= 4 is 23.2 Å². The van der Waals surface area contributed by atoms with Gasteiger partial charge in [-0.05, 0) is 42.3 Å². The zero-order chi connectivity index (χ0) is 17.5. The Balaban J connectivity index is 1.93. The van der Waals surface area contributed by atoms with Crippen LogP contribution in [0.3, 0.4) is 0 Å². The summed E-state index contributed by atoms with van der Waals surface area (Å²) in [5.41, 5.74) is 5.86. The normalized spacial score (nSPS) is 13.0. The van der Waals surface area contributed by atoms with E-state index in [1.165, 1.54) is 11.3 Å². The Morgan fingerprint density at radius 2 is 1.88 bits per heavy atom. The fraction of sp³-hybridized carbons (Fsp3) is 0.333. The van der Waals surface area contributed by atoms with E-state index in [-0.39, 0.29) is 5.91 Å². The molecule has 2 unspecified atom stereocenters. The molecule has 2 N–H and O–H groups in total. The van der Waals surface area contributed by atoms with Gasteiger partial charge in [0, 0.05) is 0 Å². The highest BCUT2D eigenvalue weighted by Gasteiger charge is 2.18. The average molecular weight is 346 g/mol. The number of nitrogens with one attached hydrogen (secondary N) is 2. The average Bonchev–Trinajstić information content (AvgIpc) is 3.13. The lowest BCUT2D eigenvalue weighted by molar-refractivity contribution is -0.128. The van der Waals surface area contributed by atoms with Crippen LogP contribution in [0.15, 0.2) is 41.8 Å². The first kappa shape index (κ1) is 18.0. The number of carbonyl (C=O) groups is 2. The molecule has 0 saturated heterocycles. The number of hydrogen-bond acceptors (Lipinski definition) is 4. The largest absolute Gasteiger partial charge is 0.481 e. The van der Waals surface area contributed by atoms with Crippen molar-refractivity contribution in [2.75, 3.05) is 0 Å². The van der Waals surface area contributed by atoms with Crippen LogP contribution >= 0.6 is 11.3 Å². The fourth-order valence-corrected chi connectivity index (χ4v) is 2.77. The molecule has 2 amide bonds. The molecule has 2 aromatic rings. The van der Waals surface area contributed by atoms with Crippen LogP contribution in [-0.4, -0.2) is 17.9 Å². The topological polar surface area (TPSA) is 67.4 Å². The smallest absolute Gasteiger partial charge is 0.279 e. The summed E-state index contributed by atoms with van der Waals surface area (Å²) in [5.74, 6) is 0.290. The van der Waals surface area contributed by atoms with E-state index in [2.05, 4.69) is 24.7 Å². The second-order valence-corrected chi connectivity index (χ2v) is 6.48. The van der Waals surface area contributed by atoms with Gasteiger partial charge in [-0.25, -0.2) is 0 Å². The van der Waals surface area contributed by atoms with Gasteiger partial charge in [0.2, 0.25) is 0 Å². The van der Waals surface area contributed by atoms with E-state index in [4.69, 9.17) is 4.74 Å². The summed E-state index contributed by atoms with van der Waals surface area (Å²) >= 11 is 1.31. The number of hydrazine groups is 1. The molecule has 0 bridgehead atoms. The number of carbonyl (C=O) groups excluding carboxylic acids is 2. The van der Waals surface area contributed by atoms with Gasteiger partial charge in [-0.2, -0.15) is 0 Å². The maximum atomic E-state index is 12.1. The minimum atomic E-state index is -0.723. The molecule has 1 heterocycles. The summed E-state index contributed by atoms with van der Waals surface area (Å²) in [6.07, 6.45) is 0.261. The van der Waals surface area contributed by atoms with E-state index in [9.17, 15) is 9.59 Å². The molecule has 1 aromatic heterocycles. The van der Waals surface area contributed by atoms with Gasteiger partial charge in [-0.1, -0.05) is 38.1 Å². The van der Waals surface area contributed by atoms with Gasteiger partial charge in [-0.15, -0.1) is 11.3 Å². The third kappa shape index (κ3) is 4.58. The van der Waals surface area contributed by atoms with Crippen LogP contribution in [0.1, 0.15) is 48.3 Å². The molecule has 0 spiro atoms. The highest BCUT2D eigenvalue weighted by atomic mass is 32.1. The molecular weight excluding hydrogens is 324 g/mol. The lowest BCUT2D eigenvalue weighted by Crippen LogP contribution is -2.47. The first-order valence-corrected chi connectivity index (χ1v) is 8.80. The van der Waals surface area contributed by atoms with Crippen molar-refractivity contribution in [1.29, 1.82) is 0 Å². The van der Waals surface area contributed by atoms with Gasteiger partial charge in [0.05, 0.1) is 4.88 Å². The minimum Gasteiger partial charge on any atom is -0.481 e. The SMILES string of the molecule is CCC(C)c1ccccc1OC(C)C(=O)NNC(=O)c1cccs1. The fourth-order valence-electron chi connectivity index (χ4n) is 2.15. The number of rotatable bonds is 6. The monoisotopic (exact) mass is 346 g/mol. The Kier molecular flexibility index (Phi) is 6.37.